The molecule has 1 radical (unpaired) electrons. The van der Waals surface area contributed by atoms with Gasteiger partial charge in [-0.05, 0) is 37.6 Å². The van der Waals surface area contributed by atoms with E-state index >= 15 is 0 Å². The van der Waals surface area contributed by atoms with Crippen LogP contribution in [0.4, 0.5) is 11.4 Å². The molecule has 0 bridgehead atoms. The van der Waals surface area contributed by atoms with Crippen molar-refractivity contribution in [2.45, 2.75) is 13.0 Å². The first-order valence-corrected chi connectivity index (χ1v) is 6.20. The lowest BCUT2D eigenvalue weighted by Crippen LogP contribution is -2.32. The Kier molecular flexibility index (Phi) is 4.18. The molecule has 0 aliphatic carbocycles. The molecule has 97 valence electrons. The van der Waals surface area contributed by atoms with Crippen LogP contribution in [0.1, 0.15) is 12.5 Å². The number of hydrogen-bond donors (Lipinski definition) is 2. The minimum Gasteiger partial charge on any atom is -0.374 e. The van der Waals surface area contributed by atoms with Crippen molar-refractivity contribution in [3.8, 4) is 0 Å². The maximum Gasteiger partial charge on any atom is 0.246 e. The van der Waals surface area contributed by atoms with E-state index in [9.17, 15) is 4.79 Å². The van der Waals surface area contributed by atoms with Crippen molar-refractivity contribution in [3.63, 3.8) is 0 Å². The molecule has 0 saturated heterocycles. The Hall–Kier alpha value is -2.29. The second-order valence-electron chi connectivity index (χ2n) is 4.38. The highest BCUT2D eigenvalue weighted by atomic mass is 16.2. The van der Waals surface area contributed by atoms with Gasteiger partial charge in [0.25, 0.3) is 0 Å². The highest BCUT2D eigenvalue weighted by Crippen LogP contribution is 2.14. The number of amides is 1. The summed E-state index contributed by atoms with van der Waals surface area (Å²) >= 11 is 0. The van der Waals surface area contributed by atoms with E-state index in [1.807, 2.05) is 61.5 Å². The molecule has 1 atom stereocenters. The first-order valence-electron chi connectivity index (χ1n) is 6.20. The topological polar surface area (TPSA) is 41.1 Å². The molecule has 0 aliphatic rings. The van der Waals surface area contributed by atoms with Crippen LogP contribution in [0.5, 0.6) is 0 Å². The van der Waals surface area contributed by atoms with Gasteiger partial charge in [0, 0.05) is 11.4 Å². The Balaban J connectivity index is 1.99. The maximum absolute atomic E-state index is 12.1. The Labute approximate surface area is 113 Å². The number of carbonyl (C=O) groups is 1. The van der Waals surface area contributed by atoms with E-state index in [1.165, 1.54) is 0 Å². The van der Waals surface area contributed by atoms with E-state index in [0.29, 0.717) is 0 Å². The Bertz CT molecular complexity index is 552. The molecule has 1 unspecified atom stereocenters. The fraction of sp³-hybridized carbons (Fsp3) is 0.125. The SMILES string of the molecule is [CH2]c1ccccc1NC(=O)C(C)Nc1ccccc1. The van der Waals surface area contributed by atoms with Crippen molar-refractivity contribution < 1.29 is 4.79 Å². The maximum atomic E-state index is 12.1. The van der Waals surface area contributed by atoms with Gasteiger partial charge in [0.1, 0.15) is 6.04 Å². The van der Waals surface area contributed by atoms with E-state index in [1.54, 1.807) is 0 Å². The molecule has 2 aromatic carbocycles. The van der Waals surface area contributed by atoms with Crippen LogP contribution in [0.3, 0.4) is 0 Å². The fourth-order valence-electron chi connectivity index (χ4n) is 1.73. The largest absolute Gasteiger partial charge is 0.374 e. The summed E-state index contributed by atoms with van der Waals surface area (Å²) in [6, 6.07) is 16.8. The molecule has 0 heterocycles. The molecule has 0 saturated carbocycles. The molecule has 0 aromatic heterocycles. The van der Waals surface area contributed by atoms with Crippen LogP contribution in [0, 0.1) is 6.92 Å². The molecule has 2 N–H and O–H groups in total. The van der Waals surface area contributed by atoms with E-state index in [4.69, 9.17) is 0 Å². The quantitative estimate of drug-likeness (QED) is 0.877. The first kappa shape index (κ1) is 13.1. The minimum absolute atomic E-state index is 0.0834. The summed E-state index contributed by atoms with van der Waals surface area (Å²) in [6.07, 6.45) is 0. The first-order chi connectivity index (χ1) is 9.16. The van der Waals surface area contributed by atoms with Crippen molar-refractivity contribution in [3.05, 3.63) is 67.1 Å². The number of benzene rings is 2. The van der Waals surface area contributed by atoms with Crippen molar-refractivity contribution in [1.82, 2.24) is 0 Å². The molecule has 19 heavy (non-hydrogen) atoms. The predicted octanol–water partition coefficient (Wildman–Crippen LogP) is 3.31. The lowest BCUT2D eigenvalue weighted by atomic mass is 10.2. The predicted molar refractivity (Wildman–Crippen MR) is 79.1 cm³/mol. The average molecular weight is 253 g/mol. The smallest absolute Gasteiger partial charge is 0.246 e. The van der Waals surface area contributed by atoms with Gasteiger partial charge in [-0.1, -0.05) is 36.4 Å². The zero-order chi connectivity index (χ0) is 13.7. The zero-order valence-corrected chi connectivity index (χ0v) is 10.9. The van der Waals surface area contributed by atoms with E-state index in [2.05, 4.69) is 17.6 Å². The van der Waals surface area contributed by atoms with Crippen LogP contribution >= 0.6 is 0 Å². The van der Waals surface area contributed by atoms with Crippen LogP contribution < -0.4 is 10.6 Å². The molecular weight excluding hydrogens is 236 g/mol. The summed E-state index contributed by atoms with van der Waals surface area (Å²) in [4.78, 5) is 12.1. The molecular formula is C16H17N2O. The number of rotatable bonds is 4. The van der Waals surface area contributed by atoms with Crippen LogP contribution in [0.25, 0.3) is 0 Å². The van der Waals surface area contributed by atoms with Gasteiger partial charge >= 0.3 is 0 Å². The normalized spacial score (nSPS) is 11.7. The monoisotopic (exact) mass is 253 g/mol. The van der Waals surface area contributed by atoms with Crippen LogP contribution in [-0.4, -0.2) is 11.9 Å². The molecule has 0 spiro atoms. The van der Waals surface area contributed by atoms with Crippen molar-refractivity contribution in [2.75, 3.05) is 10.6 Å². The number of hydrogen-bond acceptors (Lipinski definition) is 2. The summed E-state index contributed by atoms with van der Waals surface area (Å²) in [5.74, 6) is -0.0834. The Morgan fingerprint density at radius 1 is 1.05 bits per heavy atom. The van der Waals surface area contributed by atoms with Gasteiger partial charge in [-0.2, -0.15) is 0 Å². The fourth-order valence-corrected chi connectivity index (χ4v) is 1.73. The molecule has 2 aromatic rings. The van der Waals surface area contributed by atoms with Gasteiger partial charge in [0.15, 0.2) is 0 Å². The molecule has 0 fully saturated rings. The van der Waals surface area contributed by atoms with E-state index in [-0.39, 0.29) is 11.9 Å². The molecule has 3 nitrogen and oxygen atoms in total. The number of nitrogens with one attached hydrogen (secondary N) is 2. The van der Waals surface area contributed by atoms with Crippen LogP contribution in [0.15, 0.2) is 54.6 Å². The third-order valence-electron chi connectivity index (χ3n) is 2.83. The summed E-state index contributed by atoms with van der Waals surface area (Å²) in [6.45, 7) is 5.71. The summed E-state index contributed by atoms with van der Waals surface area (Å²) in [5, 5.41) is 6.02. The highest BCUT2D eigenvalue weighted by Gasteiger charge is 2.13. The Morgan fingerprint density at radius 2 is 1.68 bits per heavy atom. The molecule has 0 aliphatic heterocycles. The lowest BCUT2D eigenvalue weighted by Gasteiger charge is -2.16. The lowest BCUT2D eigenvalue weighted by molar-refractivity contribution is -0.116. The number of carbonyl (C=O) groups excluding carboxylic acids is 1. The third-order valence-corrected chi connectivity index (χ3v) is 2.83. The molecule has 3 heteroatoms. The van der Waals surface area contributed by atoms with Gasteiger partial charge in [-0.3, -0.25) is 4.79 Å². The van der Waals surface area contributed by atoms with Crippen molar-refractivity contribution in [2.24, 2.45) is 0 Å². The summed E-state index contributed by atoms with van der Waals surface area (Å²) in [5.41, 5.74) is 2.48. The number of para-hydroxylation sites is 2. The minimum atomic E-state index is -0.318. The van der Waals surface area contributed by atoms with Gasteiger partial charge in [-0.25, -0.2) is 0 Å². The third kappa shape index (κ3) is 3.58. The molecule has 2 rings (SSSR count). The van der Waals surface area contributed by atoms with Crippen molar-refractivity contribution >= 4 is 17.3 Å². The van der Waals surface area contributed by atoms with Gasteiger partial charge < -0.3 is 10.6 Å². The standard InChI is InChI=1S/C16H17N2O/c1-12-8-6-7-11-15(12)18-16(19)13(2)17-14-9-4-3-5-10-14/h3-11,13,17H,1H2,2H3,(H,18,19). The van der Waals surface area contributed by atoms with E-state index < -0.39 is 0 Å². The Morgan fingerprint density at radius 3 is 2.37 bits per heavy atom. The van der Waals surface area contributed by atoms with Crippen LogP contribution in [-0.2, 0) is 4.79 Å². The van der Waals surface area contributed by atoms with Gasteiger partial charge in [0.05, 0.1) is 0 Å². The zero-order valence-electron chi connectivity index (χ0n) is 10.9. The van der Waals surface area contributed by atoms with Crippen molar-refractivity contribution in [1.29, 1.82) is 0 Å². The number of anilines is 2. The highest BCUT2D eigenvalue weighted by molar-refractivity contribution is 5.96. The average Bonchev–Trinajstić information content (AvgIpc) is 2.42. The van der Waals surface area contributed by atoms with Gasteiger partial charge in [-0.15, -0.1) is 0 Å². The van der Waals surface area contributed by atoms with Gasteiger partial charge in [0.2, 0.25) is 5.91 Å². The van der Waals surface area contributed by atoms with Crippen LogP contribution in [0.2, 0.25) is 0 Å². The summed E-state index contributed by atoms with van der Waals surface area (Å²) < 4.78 is 0. The van der Waals surface area contributed by atoms with E-state index in [0.717, 1.165) is 16.9 Å². The molecule has 1 amide bonds. The summed E-state index contributed by atoms with van der Waals surface area (Å²) in [7, 11) is 0. The second-order valence-corrected chi connectivity index (χ2v) is 4.38. The second kappa shape index (κ2) is 6.05.